The van der Waals surface area contributed by atoms with Crippen LogP contribution in [-0.4, -0.2) is 94.3 Å². The Bertz CT molecular complexity index is 1700. The summed E-state index contributed by atoms with van der Waals surface area (Å²) in [5.41, 5.74) is 1.96. The summed E-state index contributed by atoms with van der Waals surface area (Å²) in [6, 6.07) is 11.9. The summed E-state index contributed by atoms with van der Waals surface area (Å²) in [7, 11) is 0. The molecule has 0 saturated carbocycles. The summed E-state index contributed by atoms with van der Waals surface area (Å²) in [5, 5.41) is 12.0. The van der Waals surface area contributed by atoms with Crippen LogP contribution >= 0.6 is 0 Å². The number of hydrogen-bond acceptors (Lipinski definition) is 8. The predicted octanol–water partition coefficient (Wildman–Crippen LogP) is 4.65. The molecule has 4 heterocycles. The van der Waals surface area contributed by atoms with Gasteiger partial charge in [-0.15, -0.1) is 0 Å². The topological polar surface area (TPSA) is 94.9 Å². The van der Waals surface area contributed by atoms with Gasteiger partial charge in [-0.1, -0.05) is 43.0 Å². The van der Waals surface area contributed by atoms with Gasteiger partial charge in [0, 0.05) is 50.5 Å². The van der Waals surface area contributed by atoms with E-state index in [2.05, 4.69) is 26.4 Å². The normalized spacial score (nSPS) is 17.5. The van der Waals surface area contributed by atoms with E-state index in [1.165, 1.54) is 4.90 Å². The van der Waals surface area contributed by atoms with Gasteiger partial charge in [0.25, 0.3) is 5.91 Å². The number of pyridine rings is 1. The van der Waals surface area contributed by atoms with Gasteiger partial charge in [-0.05, 0) is 49.1 Å². The zero-order valence-corrected chi connectivity index (χ0v) is 24.8. The van der Waals surface area contributed by atoms with Crippen LogP contribution in [0, 0.1) is 12.7 Å². The lowest BCUT2D eigenvalue weighted by Gasteiger charge is -2.35. The molecule has 6 rings (SSSR count). The lowest BCUT2D eigenvalue weighted by Crippen LogP contribution is -2.49. The van der Waals surface area contributed by atoms with Gasteiger partial charge in [0.15, 0.2) is 11.6 Å². The van der Waals surface area contributed by atoms with Crippen molar-refractivity contribution in [1.29, 1.82) is 0 Å². The second-order valence-corrected chi connectivity index (χ2v) is 11.4. The molecule has 11 heteroatoms. The molecule has 2 aliphatic rings. The van der Waals surface area contributed by atoms with Crippen molar-refractivity contribution >= 4 is 33.4 Å². The summed E-state index contributed by atoms with van der Waals surface area (Å²) in [4.78, 5) is 31.5. The molecule has 4 aromatic rings. The number of aliphatic hydroxyl groups excluding tert-OH is 1. The molecular weight excluding hydrogens is 566 g/mol. The number of aromatic nitrogens is 3. The molecule has 0 radical (unpaired) electrons. The number of hydrogen-bond donors (Lipinski definition) is 1. The number of nitrogens with zero attached hydrogens (tertiary/aromatic N) is 6. The largest absolute Gasteiger partial charge is 0.463 e. The molecular formula is C33H36F2N6O3. The lowest BCUT2D eigenvalue weighted by molar-refractivity contribution is -0.128. The fourth-order valence-corrected chi connectivity index (χ4v) is 6.36. The number of fused-ring (bicyclic) bond motifs is 2. The van der Waals surface area contributed by atoms with E-state index in [1.807, 2.05) is 48.2 Å². The first-order valence-corrected chi connectivity index (χ1v) is 15.1. The zero-order chi connectivity index (χ0) is 30.8. The van der Waals surface area contributed by atoms with Crippen molar-refractivity contribution in [1.82, 2.24) is 24.8 Å². The molecule has 0 aliphatic carbocycles. The van der Waals surface area contributed by atoms with Crippen LogP contribution < -0.4 is 9.64 Å². The molecule has 2 aliphatic heterocycles. The highest BCUT2D eigenvalue weighted by Gasteiger charge is 2.27. The quantitative estimate of drug-likeness (QED) is 0.219. The predicted molar refractivity (Wildman–Crippen MR) is 166 cm³/mol. The van der Waals surface area contributed by atoms with Crippen LogP contribution in [0.5, 0.6) is 6.01 Å². The van der Waals surface area contributed by atoms with Gasteiger partial charge < -0.3 is 19.6 Å². The number of ether oxygens (including phenoxy) is 1. The molecule has 1 N–H and O–H groups in total. The third-order valence-corrected chi connectivity index (χ3v) is 8.64. The van der Waals surface area contributed by atoms with E-state index in [1.54, 1.807) is 6.20 Å². The van der Waals surface area contributed by atoms with Crippen LogP contribution in [0.4, 0.5) is 14.6 Å². The number of rotatable bonds is 9. The molecule has 2 aromatic heterocycles. The highest BCUT2D eigenvalue weighted by atomic mass is 19.1. The highest BCUT2D eigenvalue weighted by molar-refractivity contribution is 6.00. The first-order valence-electron chi connectivity index (χ1n) is 15.1. The van der Waals surface area contributed by atoms with Crippen LogP contribution in [-0.2, 0) is 4.79 Å². The first kappa shape index (κ1) is 29.8. The van der Waals surface area contributed by atoms with Crippen molar-refractivity contribution in [2.45, 2.75) is 32.2 Å². The van der Waals surface area contributed by atoms with Crippen LogP contribution in [0.25, 0.3) is 32.9 Å². The molecule has 0 spiro atoms. The van der Waals surface area contributed by atoms with E-state index in [4.69, 9.17) is 4.74 Å². The smallest absolute Gasteiger partial charge is 0.319 e. The Morgan fingerprint density at radius 3 is 2.64 bits per heavy atom. The van der Waals surface area contributed by atoms with Gasteiger partial charge in [0.2, 0.25) is 0 Å². The number of aliphatic hydroxyl groups is 1. The van der Waals surface area contributed by atoms with Crippen molar-refractivity contribution in [3.63, 3.8) is 0 Å². The number of carbonyl (C=O) groups excluding carboxylic acids is 1. The second kappa shape index (κ2) is 12.8. The van der Waals surface area contributed by atoms with E-state index < -0.39 is 17.6 Å². The fraction of sp³-hybridized carbons (Fsp3) is 0.394. The monoisotopic (exact) mass is 602 g/mol. The second-order valence-electron chi connectivity index (χ2n) is 11.4. The highest BCUT2D eigenvalue weighted by Crippen LogP contribution is 2.36. The number of piperazine rings is 1. The van der Waals surface area contributed by atoms with E-state index in [-0.39, 0.29) is 43.0 Å². The Hall–Kier alpha value is -4.22. The number of carbonyl (C=O) groups is 1. The average molecular weight is 603 g/mol. The average Bonchev–Trinajstić information content (AvgIpc) is 3.50. The van der Waals surface area contributed by atoms with Crippen LogP contribution in [0.15, 0.2) is 55.0 Å². The van der Waals surface area contributed by atoms with E-state index in [9.17, 15) is 14.3 Å². The fourth-order valence-electron chi connectivity index (χ4n) is 6.36. The van der Waals surface area contributed by atoms with Crippen LogP contribution in [0.2, 0.25) is 0 Å². The molecule has 0 bridgehead atoms. The number of aryl methyl sites for hydroxylation is 1. The maximum absolute atomic E-state index is 16.5. The summed E-state index contributed by atoms with van der Waals surface area (Å²) < 4.78 is 36.0. The van der Waals surface area contributed by atoms with Crippen molar-refractivity contribution in [2.75, 3.05) is 57.4 Å². The summed E-state index contributed by atoms with van der Waals surface area (Å²) in [5.74, 6) is -1.85. The minimum Gasteiger partial charge on any atom is -0.463 e. The van der Waals surface area contributed by atoms with Crippen molar-refractivity contribution in [3.05, 3.63) is 66.4 Å². The van der Waals surface area contributed by atoms with E-state index >= 15 is 4.39 Å². The molecule has 0 unspecified atom stereocenters. The summed E-state index contributed by atoms with van der Waals surface area (Å²) >= 11 is 0. The van der Waals surface area contributed by atoms with E-state index in [0.29, 0.717) is 42.9 Å². The lowest BCUT2D eigenvalue weighted by atomic mass is 9.97. The van der Waals surface area contributed by atoms with Crippen LogP contribution in [0.3, 0.4) is 0 Å². The number of benzene rings is 2. The zero-order valence-electron chi connectivity index (χ0n) is 24.8. The molecule has 9 nitrogen and oxygen atoms in total. The van der Waals surface area contributed by atoms with Crippen LogP contribution in [0.1, 0.15) is 24.8 Å². The Balaban J connectivity index is 1.34. The first-order chi connectivity index (χ1) is 21.4. The Morgan fingerprint density at radius 1 is 1.11 bits per heavy atom. The Labute approximate surface area is 254 Å². The Morgan fingerprint density at radius 2 is 1.89 bits per heavy atom. The summed E-state index contributed by atoms with van der Waals surface area (Å²) in [6.07, 6.45) is 4.33. The molecule has 1 atom stereocenters. The number of anilines is 1. The van der Waals surface area contributed by atoms with E-state index in [0.717, 1.165) is 42.3 Å². The SMILES string of the molecule is C=C(F)C(=O)N1CCN(c2nc(OCCCN3CCC[C@H]3CO)nc3c(F)c(-c4cccc5cccc(C)c45)ncc23)CC1. The Kier molecular flexibility index (Phi) is 8.67. The molecule has 1 amide bonds. The third-order valence-electron chi connectivity index (χ3n) is 8.64. The van der Waals surface area contributed by atoms with Crippen molar-refractivity contribution in [3.8, 4) is 17.3 Å². The minimum atomic E-state index is -0.997. The van der Waals surface area contributed by atoms with Gasteiger partial charge >= 0.3 is 6.01 Å². The minimum absolute atomic E-state index is 0.0495. The molecule has 2 fully saturated rings. The summed E-state index contributed by atoms with van der Waals surface area (Å²) in [6.45, 7) is 8.52. The number of amides is 1. The maximum Gasteiger partial charge on any atom is 0.319 e. The van der Waals surface area contributed by atoms with Crippen molar-refractivity contribution in [2.24, 2.45) is 0 Å². The molecule has 2 aromatic carbocycles. The standard InChI is InChI=1S/C33H36F2N6O3/c1-21-7-3-8-23-9-4-11-25(27(21)23)29-28(35)30-26(19-36-29)31(40-14-16-41(17-15-40)32(43)22(2)34)38-33(37-30)44-18-6-13-39-12-5-10-24(39)20-42/h3-4,7-9,11,19,24,42H,2,5-6,10,12-18,20H2,1H3/t24-/m0/s1. The van der Waals surface area contributed by atoms with Gasteiger partial charge in [0.1, 0.15) is 17.0 Å². The number of halogens is 2. The molecule has 44 heavy (non-hydrogen) atoms. The van der Waals surface area contributed by atoms with Gasteiger partial charge in [0.05, 0.1) is 18.6 Å². The number of likely N-dealkylation sites (tertiary alicyclic amines) is 1. The molecule has 2 saturated heterocycles. The van der Waals surface area contributed by atoms with Crippen molar-refractivity contribution < 1.29 is 23.4 Å². The van der Waals surface area contributed by atoms with Gasteiger partial charge in [-0.2, -0.15) is 9.97 Å². The third kappa shape index (κ3) is 5.81. The van der Waals surface area contributed by atoms with Gasteiger partial charge in [-0.3, -0.25) is 14.7 Å². The molecule has 230 valence electrons. The maximum atomic E-state index is 16.5. The van der Waals surface area contributed by atoms with Gasteiger partial charge in [-0.25, -0.2) is 8.78 Å².